The molecule has 2 heteroatoms. The van der Waals surface area contributed by atoms with Crippen LogP contribution in [0.5, 0.6) is 0 Å². The second-order valence-electron chi connectivity index (χ2n) is 2.74. The van der Waals surface area contributed by atoms with Crippen molar-refractivity contribution >= 4 is 0 Å². The van der Waals surface area contributed by atoms with Crippen LogP contribution in [0.25, 0.3) is 0 Å². The van der Waals surface area contributed by atoms with E-state index in [1.165, 1.54) is 5.56 Å². The zero-order valence-corrected chi connectivity index (χ0v) is 5.89. The van der Waals surface area contributed by atoms with Gasteiger partial charge in [0.15, 0.2) is 0 Å². The monoisotopic (exact) mass is 134 g/mol. The average molecular weight is 134 g/mol. The van der Waals surface area contributed by atoms with Gasteiger partial charge in [-0.25, -0.2) is 10.9 Å². The third kappa shape index (κ3) is 0.818. The first-order valence-electron chi connectivity index (χ1n) is 3.41. The minimum atomic E-state index is 0.0429. The van der Waals surface area contributed by atoms with E-state index in [0.717, 1.165) is 0 Å². The van der Waals surface area contributed by atoms with Gasteiger partial charge in [0.1, 0.15) is 5.66 Å². The number of hydrazine groups is 1. The SMILES string of the molecule is CC1(c2ccccc2)NN1. The first kappa shape index (κ1) is 5.89. The van der Waals surface area contributed by atoms with Crippen LogP contribution in [0.4, 0.5) is 0 Å². The Labute approximate surface area is 60.2 Å². The normalized spacial score (nSPS) is 20.5. The fourth-order valence-electron chi connectivity index (χ4n) is 1.01. The summed E-state index contributed by atoms with van der Waals surface area (Å²) >= 11 is 0. The van der Waals surface area contributed by atoms with E-state index in [1.54, 1.807) is 0 Å². The summed E-state index contributed by atoms with van der Waals surface area (Å²) in [7, 11) is 0. The van der Waals surface area contributed by atoms with Crippen LogP contribution in [0.2, 0.25) is 0 Å². The molecule has 1 aromatic carbocycles. The zero-order valence-electron chi connectivity index (χ0n) is 5.89. The highest BCUT2D eigenvalue weighted by molar-refractivity contribution is 5.25. The Morgan fingerprint density at radius 3 is 2.20 bits per heavy atom. The van der Waals surface area contributed by atoms with Crippen LogP contribution in [-0.2, 0) is 5.66 Å². The van der Waals surface area contributed by atoms with Crippen molar-refractivity contribution in [1.82, 2.24) is 10.9 Å². The average Bonchev–Trinajstić information content (AvgIpc) is 2.72. The van der Waals surface area contributed by atoms with Crippen LogP contribution < -0.4 is 10.9 Å². The van der Waals surface area contributed by atoms with Gasteiger partial charge >= 0.3 is 0 Å². The summed E-state index contributed by atoms with van der Waals surface area (Å²) in [5.41, 5.74) is 7.48. The van der Waals surface area contributed by atoms with Gasteiger partial charge in [0.25, 0.3) is 0 Å². The summed E-state index contributed by atoms with van der Waals surface area (Å²) in [6.07, 6.45) is 0. The lowest BCUT2D eigenvalue weighted by atomic mass is 10.1. The Morgan fingerprint density at radius 2 is 1.70 bits per heavy atom. The second kappa shape index (κ2) is 1.81. The first-order valence-corrected chi connectivity index (χ1v) is 3.41. The highest BCUT2D eigenvalue weighted by atomic mass is 15.7. The number of rotatable bonds is 1. The highest BCUT2D eigenvalue weighted by Crippen LogP contribution is 2.23. The topological polar surface area (TPSA) is 43.9 Å². The minimum absolute atomic E-state index is 0.0429. The molecule has 0 radical (unpaired) electrons. The largest absolute Gasteiger partial charge is 0.231 e. The van der Waals surface area contributed by atoms with Crippen LogP contribution in [0, 0.1) is 0 Å². The third-order valence-electron chi connectivity index (χ3n) is 1.85. The molecule has 1 heterocycles. The summed E-state index contributed by atoms with van der Waals surface area (Å²) in [6.45, 7) is 2.11. The standard InChI is InChI=1S/C8H10N2/c1-8(9-10-8)7-5-3-2-4-6-7/h2-6,9-10H,1H3. The van der Waals surface area contributed by atoms with E-state index in [9.17, 15) is 0 Å². The number of nitrogens with one attached hydrogen (secondary N) is 2. The van der Waals surface area contributed by atoms with Crippen molar-refractivity contribution in [3.05, 3.63) is 35.9 Å². The maximum Gasteiger partial charge on any atom is 0.117 e. The molecule has 2 nitrogen and oxygen atoms in total. The van der Waals surface area contributed by atoms with Crippen LogP contribution in [-0.4, -0.2) is 0 Å². The highest BCUT2D eigenvalue weighted by Gasteiger charge is 2.37. The summed E-state index contributed by atoms with van der Waals surface area (Å²) in [6, 6.07) is 10.3. The predicted molar refractivity (Wildman–Crippen MR) is 40.1 cm³/mol. The Balaban J connectivity index is 2.35. The minimum Gasteiger partial charge on any atom is -0.231 e. The quantitative estimate of drug-likeness (QED) is 0.562. The smallest absolute Gasteiger partial charge is 0.117 e. The molecule has 10 heavy (non-hydrogen) atoms. The van der Waals surface area contributed by atoms with Crippen molar-refractivity contribution in [1.29, 1.82) is 0 Å². The summed E-state index contributed by atoms with van der Waals surface area (Å²) in [4.78, 5) is 0. The molecule has 1 aliphatic heterocycles. The molecule has 0 saturated carbocycles. The molecule has 0 bridgehead atoms. The van der Waals surface area contributed by atoms with E-state index in [2.05, 4.69) is 29.9 Å². The van der Waals surface area contributed by atoms with E-state index in [0.29, 0.717) is 0 Å². The van der Waals surface area contributed by atoms with Gasteiger partial charge in [-0.15, -0.1) is 0 Å². The molecule has 0 aromatic heterocycles. The lowest BCUT2D eigenvalue weighted by Crippen LogP contribution is -2.07. The van der Waals surface area contributed by atoms with E-state index in [4.69, 9.17) is 0 Å². The van der Waals surface area contributed by atoms with Gasteiger partial charge in [0, 0.05) is 0 Å². The van der Waals surface area contributed by atoms with Gasteiger partial charge in [-0.1, -0.05) is 30.3 Å². The molecule has 1 saturated heterocycles. The lowest BCUT2D eigenvalue weighted by molar-refractivity contribution is 0.736. The van der Waals surface area contributed by atoms with Gasteiger partial charge in [-0.2, -0.15) is 0 Å². The maximum atomic E-state index is 3.08. The molecule has 2 N–H and O–H groups in total. The predicted octanol–water partition coefficient (Wildman–Crippen LogP) is 0.967. The van der Waals surface area contributed by atoms with Gasteiger partial charge < -0.3 is 0 Å². The fraction of sp³-hybridized carbons (Fsp3) is 0.250. The Bertz CT molecular complexity index is 226. The van der Waals surface area contributed by atoms with Gasteiger partial charge in [0.2, 0.25) is 0 Å². The number of benzene rings is 1. The Kier molecular flexibility index (Phi) is 1.07. The van der Waals surface area contributed by atoms with Crippen molar-refractivity contribution in [2.45, 2.75) is 12.6 Å². The van der Waals surface area contributed by atoms with E-state index in [-0.39, 0.29) is 5.66 Å². The molecule has 0 amide bonds. The summed E-state index contributed by atoms with van der Waals surface area (Å²) < 4.78 is 0. The fourth-order valence-corrected chi connectivity index (χ4v) is 1.01. The molecule has 2 rings (SSSR count). The summed E-state index contributed by atoms with van der Waals surface area (Å²) in [5, 5.41) is 0. The van der Waals surface area contributed by atoms with Crippen LogP contribution in [0.1, 0.15) is 12.5 Å². The van der Waals surface area contributed by atoms with Gasteiger partial charge in [-0.3, -0.25) is 0 Å². The van der Waals surface area contributed by atoms with Crippen LogP contribution >= 0.6 is 0 Å². The molecule has 0 atom stereocenters. The van der Waals surface area contributed by atoms with E-state index in [1.807, 2.05) is 18.2 Å². The van der Waals surface area contributed by atoms with Crippen LogP contribution in [0.15, 0.2) is 30.3 Å². The van der Waals surface area contributed by atoms with Crippen molar-refractivity contribution in [2.24, 2.45) is 0 Å². The molecule has 1 fully saturated rings. The molecule has 0 aliphatic carbocycles. The number of hydrogen-bond donors (Lipinski definition) is 2. The molecule has 1 aliphatic rings. The Hall–Kier alpha value is -0.860. The van der Waals surface area contributed by atoms with Gasteiger partial charge in [-0.05, 0) is 12.5 Å². The molecule has 0 spiro atoms. The van der Waals surface area contributed by atoms with Crippen molar-refractivity contribution in [2.75, 3.05) is 0 Å². The molecular weight excluding hydrogens is 124 g/mol. The molecule has 52 valence electrons. The van der Waals surface area contributed by atoms with E-state index < -0.39 is 0 Å². The Morgan fingerprint density at radius 1 is 1.10 bits per heavy atom. The molecular formula is C8H10N2. The lowest BCUT2D eigenvalue weighted by Gasteiger charge is -2.02. The van der Waals surface area contributed by atoms with E-state index >= 15 is 0 Å². The van der Waals surface area contributed by atoms with Crippen molar-refractivity contribution < 1.29 is 0 Å². The van der Waals surface area contributed by atoms with Crippen molar-refractivity contribution in [3.63, 3.8) is 0 Å². The third-order valence-corrected chi connectivity index (χ3v) is 1.85. The number of hydrogen-bond acceptors (Lipinski definition) is 2. The first-order chi connectivity index (χ1) is 4.81. The summed E-state index contributed by atoms with van der Waals surface area (Å²) in [5.74, 6) is 0. The second-order valence-corrected chi connectivity index (χ2v) is 2.74. The molecule has 0 unspecified atom stereocenters. The zero-order chi connectivity index (χ0) is 7.03. The van der Waals surface area contributed by atoms with Crippen molar-refractivity contribution in [3.8, 4) is 0 Å². The maximum absolute atomic E-state index is 3.08. The van der Waals surface area contributed by atoms with Gasteiger partial charge in [0.05, 0.1) is 0 Å². The molecule has 1 aromatic rings. The van der Waals surface area contributed by atoms with Crippen LogP contribution in [0.3, 0.4) is 0 Å².